The molecule has 1 aliphatic heterocycles. The van der Waals surface area contributed by atoms with Crippen LogP contribution in [0.1, 0.15) is 6.42 Å². The van der Waals surface area contributed by atoms with Crippen molar-refractivity contribution in [2.45, 2.75) is 17.4 Å². The van der Waals surface area contributed by atoms with Crippen molar-refractivity contribution in [1.29, 1.82) is 0 Å². The molecular formula is C13H19BrN2O4S. The van der Waals surface area contributed by atoms with Crippen LogP contribution >= 0.6 is 15.9 Å². The first-order valence-corrected chi connectivity index (χ1v) is 8.75. The Morgan fingerprint density at radius 1 is 1.29 bits per heavy atom. The van der Waals surface area contributed by atoms with Gasteiger partial charge < -0.3 is 14.8 Å². The zero-order valence-electron chi connectivity index (χ0n) is 12.2. The summed E-state index contributed by atoms with van der Waals surface area (Å²) in [4.78, 5) is 0.132. The Morgan fingerprint density at radius 3 is 2.48 bits per heavy atom. The molecule has 1 aromatic carbocycles. The molecule has 1 fully saturated rings. The van der Waals surface area contributed by atoms with Gasteiger partial charge in [0.1, 0.15) is 16.4 Å². The SMILES string of the molecule is COc1cc(OC)c(S(=O)(=O)N(C)C2CCNC2)cc1Br. The van der Waals surface area contributed by atoms with Crippen molar-refractivity contribution >= 4 is 26.0 Å². The molecule has 118 valence electrons. The predicted octanol–water partition coefficient (Wildman–Crippen LogP) is 1.45. The van der Waals surface area contributed by atoms with Crippen LogP contribution in [0.3, 0.4) is 0 Å². The highest BCUT2D eigenvalue weighted by molar-refractivity contribution is 9.10. The summed E-state index contributed by atoms with van der Waals surface area (Å²) in [6, 6.07) is 3.05. The van der Waals surface area contributed by atoms with E-state index in [1.165, 1.54) is 24.6 Å². The number of sulfonamides is 1. The molecule has 0 amide bonds. The molecule has 1 unspecified atom stereocenters. The minimum atomic E-state index is -3.63. The van der Waals surface area contributed by atoms with Gasteiger partial charge in [-0.3, -0.25) is 0 Å². The number of likely N-dealkylation sites (N-methyl/N-ethyl adjacent to an activating group) is 1. The number of rotatable bonds is 5. The molecule has 0 aromatic heterocycles. The topological polar surface area (TPSA) is 67.9 Å². The van der Waals surface area contributed by atoms with E-state index in [0.29, 0.717) is 16.8 Å². The molecule has 2 rings (SSSR count). The van der Waals surface area contributed by atoms with Crippen LogP contribution in [0.5, 0.6) is 11.5 Å². The smallest absolute Gasteiger partial charge is 0.246 e. The fourth-order valence-electron chi connectivity index (χ4n) is 2.34. The van der Waals surface area contributed by atoms with Gasteiger partial charge in [-0.05, 0) is 35.0 Å². The summed E-state index contributed by atoms with van der Waals surface area (Å²) in [7, 11) is 0.933. The number of nitrogens with zero attached hydrogens (tertiary/aromatic N) is 1. The first kappa shape index (κ1) is 16.5. The summed E-state index contributed by atoms with van der Waals surface area (Å²) in [5.41, 5.74) is 0. The van der Waals surface area contributed by atoms with E-state index in [2.05, 4.69) is 21.2 Å². The fourth-order valence-corrected chi connectivity index (χ4v) is 4.54. The first-order valence-electron chi connectivity index (χ1n) is 6.52. The van der Waals surface area contributed by atoms with Crippen LogP contribution < -0.4 is 14.8 Å². The Morgan fingerprint density at radius 2 is 1.95 bits per heavy atom. The van der Waals surface area contributed by atoms with E-state index in [-0.39, 0.29) is 16.7 Å². The number of halogens is 1. The molecular weight excluding hydrogens is 360 g/mol. The Labute approximate surface area is 133 Å². The largest absolute Gasteiger partial charge is 0.495 e. The lowest BCUT2D eigenvalue weighted by molar-refractivity contribution is 0.370. The number of ether oxygens (including phenoxy) is 2. The predicted molar refractivity (Wildman–Crippen MR) is 83.5 cm³/mol. The summed E-state index contributed by atoms with van der Waals surface area (Å²) in [6.07, 6.45) is 0.801. The molecule has 6 nitrogen and oxygen atoms in total. The van der Waals surface area contributed by atoms with E-state index in [4.69, 9.17) is 9.47 Å². The van der Waals surface area contributed by atoms with Gasteiger partial charge in [0.15, 0.2) is 0 Å². The maximum absolute atomic E-state index is 12.8. The lowest BCUT2D eigenvalue weighted by Crippen LogP contribution is -2.38. The molecule has 0 radical (unpaired) electrons. The number of methoxy groups -OCH3 is 2. The molecule has 0 bridgehead atoms. The zero-order valence-corrected chi connectivity index (χ0v) is 14.6. The molecule has 0 spiro atoms. The van der Waals surface area contributed by atoms with Crippen molar-refractivity contribution in [3.05, 3.63) is 16.6 Å². The third-order valence-corrected chi connectivity index (χ3v) is 6.19. The molecule has 1 heterocycles. The molecule has 21 heavy (non-hydrogen) atoms. The monoisotopic (exact) mass is 378 g/mol. The number of hydrogen-bond donors (Lipinski definition) is 1. The molecule has 1 N–H and O–H groups in total. The minimum Gasteiger partial charge on any atom is -0.495 e. The average Bonchev–Trinajstić information content (AvgIpc) is 3.00. The van der Waals surface area contributed by atoms with Crippen LogP contribution in [-0.2, 0) is 10.0 Å². The number of nitrogens with one attached hydrogen (secondary N) is 1. The van der Waals surface area contributed by atoms with E-state index >= 15 is 0 Å². The molecule has 0 saturated carbocycles. The summed E-state index contributed by atoms with van der Waals surface area (Å²) in [5, 5.41) is 3.17. The Hall–Kier alpha value is -0.830. The highest BCUT2D eigenvalue weighted by atomic mass is 79.9. The van der Waals surface area contributed by atoms with E-state index in [1.54, 1.807) is 13.1 Å². The molecule has 1 aromatic rings. The quantitative estimate of drug-likeness (QED) is 0.839. The highest BCUT2D eigenvalue weighted by Gasteiger charge is 2.32. The van der Waals surface area contributed by atoms with Gasteiger partial charge >= 0.3 is 0 Å². The van der Waals surface area contributed by atoms with Gasteiger partial charge in [0.2, 0.25) is 10.0 Å². The van der Waals surface area contributed by atoms with Gasteiger partial charge in [0, 0.05) is 25.7 Å². The summed E-state index contributed by atoms with van der Waals surface area (Å²) in [6.45, 7) is 1.49. The van der Waals surface area contributed by atoms with Gasteiger partial charge in [-0.1, -0.05) is 0 Å². The summed E-state index contributed by atoms with van der Waals surface area (Å²) >= 11 is 3.32. The molecule has 8 heteroatoms. The Bertz CT molecular complexity index is 615. The Kier molecular flexibility index (Phi) is 5.13. The normalized spacial score (nSPS) is 19.0. The molecule has 0 aliphatic carbocycles. The second kappa shape index (κ2) is 6.51. The van der Waals surface area contributed by atoms with Crippen molar-refractivity contribution in [3.63, 3.8) is 0 Å². The first-order chi connectivity index (χ1) is 9.91. The second-order valence-electron chi connectivity index (χ2n) is 4.81. The maximum Gasteiger partial charge on any atom is 0.246 e. The van der Waals surface area contributed by atoms with Crippen molar-refractivity contribution in [2.24, 2.45) is 0 Å². The van der Waals surface area contributed by atoms with Crippen molar-refractivity contribution in [3.8, 4) is 11.5 Å². The lowest BCUT2D eigenvalue weighted by atomic mass is 10.3. The lowest BCUT2D eigenvalue weighted by Gasteiger charge is -2.24. The summed E-state index contributed by atoms with van der Waals surface area (Å²) < 4.78 is 38.0. The van der Waals surface area contributed by atoms with Crippen LogP contribution in [0.25, 0.3) is 0 Å². The van der Waals surface area contributed by atoms with Gasteiger partial charge in [0.25, 0.3) is 0 Å². The number of benzene rings is 1. The van der Waals surface area contributed by atoms with Gasteiger partial charge in [-0.2, -0.15) is 4.31 Å². The summed E-state index contributed by atoms with van der Waals surface area (Å²) in [5.74, 6) is 0.795. The number of hydrogen-bond acceptors (Lipinski definition) is 5. The van der Waals surface area contributed by atoms with E-state index in [9.17, 15) is 8.42 Å². The van der Waals surface area contributed by atoms with E-state index in [0.717, 1.165) is 13.0 Å². The average molecular weight is 379 g/mol. The third kappa shape index (κ3) is 3.18. The van der Waals surface area contributed by atoms with Gasteiger partial charge in [0.05, 0.1) is 18.7 Å². The molecule has 1 aliphatic rings. The Balaban J connectivity index is 2.45. The van der Waals surface area contributed by atoms with Gasteiger partial charge in [-0.25, -0.2) is 8.42 Å². The van der Waals surface area contributed by atoms with E-state index < -0.39 is 10.0 Å². The highest BCUT2D eigenvalue weighted by Crippen LogP contribution is 2.36. The van der Waals surface area contributed by atoms with Crippen LogP contribution in [-0.4, -0.2) is 53.1 Å². The van der Waals surface area contributed by atoms with Crippen molar-refractivity contribution in [1.82, 2.24) is 9.62 Å². The second-order valence-corrected chi connectivity index (χ2v) is 7.63. The van der Waals surface area contributed by atoms with Gasteiger partial charge in [-0.15, -0.1) is 0 Å². The van der Waals surface area contributed by atoms with Crippen LogP contribution in [0.2, 0.25) is 0 Å². The third-order valence-electron chi connectivity index (χ3n) is 3.64. The zero-order chi connectivity index (χ0) is 15.6. The fraction of sp³-hybridized carbons (Fsp3) is 0.538. The maximum atomic E-state index is 12.8. The molecule has 1 atom stereocenters. The van der Waals surface area contributed by atoms with Crippen molar-refractivity contribution < 1.29 is 17.9 Å². The van der Waals surface area contributed by atoms with Crippen LogP contribution in [0.15, 0.2) is 21.5 Å². The van der Waals surface area contributed by atoms with Crippen LogP contribution in [0.4, 0.5) is 0 Å². The standard InChI is InChI=1S/C13H19BrN2O4S/c1-16(9-4-5-15-8-9)21(17,18)13-6-10(14)11(19-2)7-12(13)20-3/h6-7,9,15H,4-5,8H2,1-3H3. The molecule has 1 saturated heterocycles. The minimum absolute atomic E-state index is 0.0411. The van der Waals surface area contributed by atoms with Crippen LogP contribution in [0, 0.1) is 0 Å². The van der Waals surface area contributed by atoms with E-state index in [1.807, 2.05) is 0 Å². The van der Waals surface area contributed by atoms with Crippen molar-refractivity contribution in [2.75, 3.05) is 34.4 Å².